The minimum atomic E-state index is -1.89. The molecule has 6 atom stereocenters. The summed E-state index contributed by atoms with van der Waals surface area (Å²) in [5.41, 5.74) is -0.323. The Kier molecular flexibility index (Phi) is 6.21. The van der Waals surface area contributed by atoms with Crippen LogP contribution in [-0.4, -0.2) is 58.6 Å². The third-order valence-electron chi connectivity index (χ3n) is 6.20. The van der Waals surface area contributed by atoms with Crippen molar-refractivity contribution in [2.45, 2.75) is 56.1 Å². The fourth-order valence-corrected chi connectivity index (χ4v) is 4.54. The van der Waals surface area contributed by atoms with E-state index in [0.717, 1.165) is 0 Å². The van der Waals surface area contributed by atoms with Crippen molar-refractivity contribution < 1.29 is 38.3 Å². The maximum atomic E-state index is 14.4. The van der Waals surface area contributed by atoms with Gasteiger partial charge in [-0.05, 0) is 55.7 Å². The zero-order valence-corrected chi connectivity index (χ0v) is 18.4. The molecule has 0 spiro atoms. The number of rotatable bonds is 6. The molecule has 2 aromatic carbocycles. The van der Waals surface area contributed by atoms with E-state index in [1.54, 1.807) is 25.1 Å². The van der Waals surface area contributed by atoms with Crippen LogP contribution in [0, 0.1) is 5.82 Å². The Labute approximate surface area is 189 Å². The first kappa shape index (κ1) is 23.4. The molecule has 3 N–H and O–H groups in total. The smallest absolute Gasteiger partial charge is 0.225 e. The lowest BCUT2D eigenvalue weighted by Crippen LogP contribution is -2.66. The summed E-state index contributed by atoms with van der Waals surface area (Å²) in [6.07, 6.45) is -6.47. The van der Waals surface area contributed by atoms with Gasteiger partial charge in [-0.3, -0.25) is 0 Å². The summed E-state index contributed by atoms with van der Waals surface area (Å²) in [6.45, 7) is 2.94. The molecule has 2 aliphatic heterocycles. The van der Waals surface area contributed by atoms with Gasteiger partial charge in [-0.2, -0.15) is 0 Å². The molecular formula is C23H25ClF2O6. The second kappa shape index (κ2) is 8.52. The molecule has 1 unspecified atom stereocenters. The Morgan fingerprint density at radius 2 is 1.94 bits per heavy atom. The van der Waals surface area contributed by atoms with Crippen molar-refractivity contribution in [2.75, 3.05) is 13.2 Å². The van der Waals surface area contributed by atoms with E-state index >= 15 is 0 Å². The van der Waals surface area contributed by atoms with Crippen LogP contribution in [0.2, 0.25) is 5.02 Å². The Hall–Kier alpha value is -1.81. The first-order valence-corrected chi connectivity index (χ1v) is 10.7. The fourth-order valence-electron chi connectivity index (χ4n) is 4.36. The monoisotopic (exact) mass is 470 g/mol. The highest BCUT2D eigenvalue weighted by Gasteiger charge is 2.69. The van der Waals surface area contributed by atoms with Gasteiger partial charge in [0.05, 0.1) is 13.2 Å². The summed E-state index contributed by atoms with van der Waals surface area (Å²) < 4.78 is 45.5. The molecule has 2 fully saturated rings. The van der Waals surface area contributed by atoms with Crippen LogP contribution in [0.25, 0.3) is 0 Å². The first-order valence-electron chi connectivity index (χ1n) is 10.4. The van der Waals surface area contributed by atoms with Crippen molar-refractivity contribution in [2.24, 2.45) is 0 Å². The first-order chi connectivity index (χ1) is 15.1. The van der Waals surface area contributed by atoms with Gasteiger partial charge in [0, 0.05) is 10.6 Å². The number of fused-ring (bicyclic) bond motifs is 2. The van der Waals surface area contributed by atoms with E-state index < -0.39 is 41.7 Å². The van der Waals surface area contributed by atoms with Crippen LogP contribution >= 0.6 is 11.6 Å². The molecule has 9 heteroatoms. The zero-order valence-electron chi connectivity index (χ0n) is 17.6. The van der Waals surface area contributed by atoms with Gasteiger partial charge in [0.2, 0.25) is 5.79 Å². The molecule has 0 aromatic heterocycles. The standard InChI is InChI=1S/C23H25ClF2O6/c1-3-30-18-7-4-13(9-17(18)26)8-14-10-15(5-6-16(14)24)23-21(29)19(27)20(28)22(32-23,11-31-23)12(2)25/h4-7,9-10,12,19-21,27-29H,3,8,11H2,1-2H3/t12?,19-,20-,21+,22+,23-/m0/s1. The number of hydrogen-bond donors (Lipinski definition) is 3. The lowest BCUT2D eigenvalue weighted by atomic mass is 9.81. The van der Waals surface area contributed by atoms with Crippen LogP contribution in [0.15, 0.2) is 36.4 Å². The van der Waals surface area contributed by atoms with Gasteiger partial charge >= 0.3 is 0 Å². The molecule has 2 bridgehead atoms. The molecule has 2 aromatic rings. The van der Waals surface area contributed by atoms with E-state index in [9.17, 15) is 24.1 Å². The predicted octanol–water partition coefficient (Wildman–Crippen LogP) is 2.86. The van der Waals surface area contributed by atoms with Crippen molar-refractivity contribution in [3.63, 3.8) is 0 Å². The molecule has 6 nitrogen and oxygen atoms in total. The van der Waals surface area contributed by atoms with Gasteiger partial charge < -0.3 is 29.5 Å². The summed E-state index contributed by atoms with van der Waals surface area (Å²) in [4.78, 5) is 0. The number of ether oxygens (including phenoxy) is 3. The van der Waals surface area contributed by atoms with E-state index in [2.05, 4.69) is 0 Å². The van der Waals surface area contributed by atoms with Crippen molar-refractivity contribution in [1.82, 2.24) is 0 Å². The van der Waals surface area contributed by atoms with Crippen LogP contribution in [0.1, 0.15) is 30.5 Å². The van der Waals surface area contributed by atoms with Crippen molar-refractivity contribution in [1.29, 1.82) is 0 Å². The summed E-state index contributed by atoms with van der Waals surface area (Å²) in [7, 11) is 0. The second-order valence-corrected chi connectivity index (χ2v) is 8.60. The van der Waals surface area contributed by atoms with E-state index in [-0.39, 0.29) is 18.8 Å². The lowest BCUT2D eigenvalue weighted by molar-refractivity contribution is -0.333. The molecule has 174 valence electrons. The van der Waals surface area contributed by atoms with Crippen LogP contribution in [-0.2, 0) is 21.7 Å². The minimum Gasteiger partial charge on any atom is -0.491 e. The molecule has 2 saturated heterocycles. The molecule has 0 radical (unpaired) electrons. The average Bonchev–Trinajstić information content (AvgIpc) is 3.16. The topological polar surface area (TPSA) is 88.4 Å². The second-order valence-electron chi connectivity index (χ2n) is 8.19. The quantitative estimate of drug-likeness (QED) is 0.601. The third-order valence-corrected chi connectivity index (χ3v) is 6.57. The number of aliphatic hydroxyl groups is 3. The van der Waals surface area contributed by atoms with E-state index in [1.165, 1.54) is 25.1 Å². The van der Waals surface area contributed by atoms with E-state index in [4.69, 9.17) is 25.8 Å². The highest BCUT2D eigenvalue weighted by atomic mass is 35.5. The van der Waals surface area contributed by atoms with Crippen molar-refractivity contribution in [3.05, 3.63) is 63.9 Å². The van der Waals surface area contributed by atoms with Gasteiger partial charge in [0.1, 0.15) is 24.5 Å². The maximum Gasteiger partial charge on any atom is 0.225 e. The van der Waals surface area contributed by atoms with Crippen molar-refractivity contribution >= 4 is 11.6 Å². The number of hydrogen-bond acceptors (Lipinski definition) is 6. The van der Waals surface area contributed by atoms with Gasteiger partial charge in [-0.1, -0.05) is 23.7 Å². The molecule has 0 amide bonds. The fraction of sp³-hybridized carbons (Fsp3) is 0.478. The number of halogens is 3. The Balaban J connectivity index is 1.69. The van der Waals surface area contributed by atoms with Crippen LogP contribution in [0.4, 0.5) is 8.78 Å². The van der Waals surface area contributed by atoms with E-state index in [0.29, 0.717) is 28.3 Å². The molecule has 2 aliphatic rings. The zero-order chi connectivity index (χ0) is 23.3. The van der Waals surface area contributed by atoms with Gasteiger partial charge in [0.25, 0.3) is 0 Å². The summed E-state index contributed by atoms with van der Waals surface area (Å²) in [5.74, 6) is -2.24. The molecule has 0 aliphatic carbocycles. The SMILES string of the molecule is CCOc1ccc(Cc2cc([C@]34OC[C@](C(C)F)(O3)[C@@H](O)[C@H](O)[C@H]4O)ccc2Cl)cc1F. The lowest BCUT2D eigenvalue weighted by Gasteiger charge is -2.47. The number of benzene rings is 2. The largest absolute Gasteiger partial charge is 0.491 e. The molecule has 0 saturated carbocycles. The van der Waals surface area contributed by atoms with Crippen LogP contribution in [0.5, 0.6) is 5.75 Å². The third kappa shape index (κ3) is 3.59. The van der Waals surface area contributed by atoms with Gasteiger partial charge in [0.15, 0.2) is 17.2 Å². The molecule has 4 rings (SSSR count). The normalized spacial score (nSPS) is 32.7. The van der Waals surface area contributed by atoms with Crippen LogP contribution < -0.4 is 4.74 Å². The maximum absolute atomic E-state index is 14.4. The van der Waals surface area contributed by atoms with Crippen molar-refractivity contribution in [3.8, 4) is 5.75 Å². The summed E-state index contributed by atoms with van der Waals surface area (Å²) in [5, 5.41) is 31.9. The molecule has 2 heterocycles. The Morgan fingerprint density at radius 1 is 1.19 bits per heavy atom. The van der Waals surface area contributed by atoms with E-state index in [1.807, 2.05) is 0 Å². The number of alkyl halides is 1. The highest BCUT2D eigenvalue weighted by Crippen LogP contribution is 2.51. The van der Waals surface area contributed by atoms with Crippen LogP contribution in [0.3, 0.4) is 0 Å². The average molecular weight is 471 g/mol. The van der Waals surface area contributed by atoms with Gasteiger partial charge in [-0.25, -0.2) is 8.78 Å². The Bertz CT molecular complexity index is 1000. The number of aliphatic hydroxyl groups excluding tert-OH is 3. The summed E-state index contributed by atoms with van der Waals surface area (Å²) >= 11 is 6.36. The summed E-state index contributed by atoms with van der Waals surface area (Å²) in [6, 6.07) is 9.29. The highest BCUT2D eigenvalue weighted by molar-refractivity contribution is 6.31. The Morgan fingerprint density at radius 3 is 2.59 bits per heavy atom. The minimum absolute atomic E-state index is 0.150. The molecular weight excluding hydrogens is 446 g/mol. The molecule has 32 heavy (non-hydrogen) atoms. The predicted molar refractivity (Wildman–Crippen MR) is 112 cm³/mol. The van der Waals surface area contributed by atoms with Gasteiger partial charge in [-0.15, -0.1) is 0 Å².